The first-order valence-corrected chi connectivity index (χ1v) is 7.75. The van der Waals surface area contributed by atoms with Crippen LogP contribution in [-0.4, -0.2) is 37.0 Å². The Morgan fingerprint density at radius 2 is 2.05 bits per heavy atom. The van der Waals surface area contributed by atoms with E-state index in [2.05, 4.69) is 5.32 Å². The molecule has 2 fully saturated rings. The van der Waals surface area contributed by atoms with Gasteiger partial charge in [0.2, 0.25) is 0 Å². The van der Waals surface area contributed by atoms with Gasteiger partial charge in [0.05, 0.1) is 0 Å². The van der Waals surface area contributed by atoms with E-state index in [-0.39, 0.29) is 11.5 Å². The van der Waals surface area contributed by atoms with Crippen molar-refractivity contribution >= 4 is 16.9 Å². The minimum absolute atomic E-state index is 0.142. The molecule has 0 bridgehead atoms. The zero-order valence-electron chi connectivity index (χ0n) is 12.2. The third-order valence-electron chi connectivity index (χ3n) is 4.86. The van der Waals surface area contributed by atoms with Gasteiger partial charge < -0.3 is 14.6 Å². The molecule has 0 spiro atoms. The second-order valence-electron chi connectivity index (χ2n) is 6.20. The lowest BCUT2D eigenvalue weighted by atomic mass is 9.88. The number of benzene rings is 1. The molecule has 3 heterocycles. The molecule has 22 heavy (non-hydrogen) atoms. The van der Waals surface area contributed by atoms with Crippen LogP contribution in [-0.2, 0) is 0 Å². The molecule has 2 unspecified atom stereocenters. The first-order chi connectivity index (χ1) is 10.7. The van der Waals surface area contributed by atoms with Gasteiger partial charge in [-0.2, -0.15) is 0 Å². The van der Waals surface area contributed by atoms with Gasteiger partial charge in [-0.25, -0.2) is 4.79 Å². The highest BCUT2D eigenvalue weighted by Gasteiger charge is 2.35. The summed E-state index contributed by atoms with van der Waals surface area (Å²) in [5.41, 5.74) is 0.112. The number of nitrogens with one attached hydrogen (secondary N) is 1. The van der Waals surface area contributed by atoms with Crippen LogP contribution in [0.5, 0.6) is 0 Å². The minimum atomic E-state index is -0.546. The van der Waals surface area contributed by atoms with Gasteiger partial charge in [0, 0.05) is 18.5 Å². The third kappa shape index (κ3) is 2.22. The van der Waals surface area contributed by atoms with Crippen LogP contribution < -0.4 is 10.9 Å². The molecule has 5 nitrogen and oxygen atoms in total. The maximum Gasteiger partial charge on any atom is 0.349 e. The van der Waals surface area contributed by atoms with Crippen LogP contribution >= 0.6 is 0 Å². The molecule has 2 aromatic rings. The second kappa shape index (κ2) is 5.25. The summed E-state index contributed by atoms with van der Waals surface area (Å²) >= 11 is 0. The average Bonchev–Trinajstić information content (AvgIpc) is 3.01. The van der Waals surface area contributed by atoms with E-state index in [1.807, 2.05) is 18.2 Å². The maximum atomic E-state index is 12.7. The van der Waals surface area contributed by atoms with Gasteiger partial charge in [-0.15, -0.1) is 0 Å². The Morgan fingerprint density at radius 1 is 1.23 bits per heavy atom. The third-order valence-corrected chi connectivity index (χ3v) is 4.86. The predicted molar refractivity (Wildman–Crippen MR) is 82.9 cm³/mol. The van der Waals surface area contributed by atoms with Gasteiger partial charge in [0.15, 0.2) is 0 Å². The van der Waals surface area contributed by atoms with Crippen LogP contribution in [0.25, 0.3) is 11.0 Å². The molecule has 1 aromatic heterocycles. The van der Waals surface area contributed by atoms with Crippen LogP contribution in [0, 0.1) is 11.8 Å². The average molecular weight is 298 g/mol. The molecule has 0 aliphatic carbocycles. The number of para-hydroxylation sites is 1. The van der Waals surface area contributed by atoms with Gasteiger partial charge in [0.1, 0.15) is 11.1 Å². The summed E-state index contributed by atoms with van der Waals surface area (Å²) in [4.78, 5) is 26.6. The minimum Gasteiger partial charge on any atom is -0.422 e. The number of carbonyl (C=O) groups excluding carboxylic acids is 1. The lowest BCUT2D eigenvalue weighted by Crippen LogP contribution is -2.44. The molecule has 0 saturated carbocycles. The summed E-state index contributed by atoms with van der Waals surface area (Å²) in [5, 5.41) is 4.16. The molecule has 2 aliphatic rings. The van der Waals surface area contributed by atoms with Crippen LogP contribution in [0.3, 0.4) is 0 Å². The summed E-state index contributed by atoms with van der Waals surface area (Å²) in [6.45, 7) is 3.45. The number of amides is 1. The number of nitrogens with zero attached hydrogens (tertiary/aromatic N) is 1. The topological polar surface area (TPSA) is 62.6 Å². The number of fused-ring (bicyclic) bond motifs is 2. The standard InChI is InChI=1S/C17H18N2O3/c20-16(19-6-5-12-8-18-9-13(12)10-19)14-7-11-3-1-2-4-15(11)22-17(14)21/h1-4,7,12-13,18H,5-6,8-10H2. The van der Waals surface area contributed by atoms with E-state index in [9.17, 15) is 9.59 Å². The summed E-state index contributed by atoms with van der Waals surface area (Å²) in [7, 11) is 0. The highest BCUT2D eigenvalue weighted by Crippen LogP contribution is 2.27. The Balaban J connectivity index is 1.65. The van der Waals surface area contributed by atoms with Gasteiger partial charge in [-0.3, -0.25) is 4.79 Å². The highest BCUT2D eigenvalue weighted by atomic mass is 16.4. The quantitative estimate of drug-likeness (QED) is 0.810. The van der Waals surface area contributed by atoms with Crippen molar-refractivity contribution < 1.29 is 9.21 Å². The molecule has 0 radical (unpaired) electrons. The first kappa shape index (κ1) is 13.5. The van der Waals surface area contributed by atoms with Crippen molar-refractivity contribution in [2.24, 2.45) is 11.8 Å². The van der Waals surface area contributed by atoms with E-state index in [0.29, 0.717) is 24.0 Å². The Labute approximate surface area is 127 Å². The SMILES string of the molecule is O=C(c1cc2ccccc2oc1=O)N1CCC2CNCC2C1. The molecule has 114 valence electrons. The van der Waals surface area contributed by atoms with Gasteiger partial charge in [-0.05, 0) is 43.5 Å². The van der Waals surface area contributed by atoms with Crippen LogP contribution in [0.15, 0.2) is 39.5 Å². The molecule has 1 amide bonds. The molecule has 1 N–H and O–H groups in total. The van der Waals surface area contributed by atoms with Crippen LogP contribution in [0.2, 0.25) is 0 Å². The van der Waals surface area contributed by atoms with E-state index < -0.39 is 5.63 Å². The van der Waals surface area contributed by atoms with Gasteiger partial charge >= 0.3 is 5.63 Å². The number of carbonyl (C=O) groups is 1. The Kier molecular flexibility index (Phi) is 3.22. The van der Waals surface area contributed by atoms with E-state index in [0.717, 1.165) is 31.4 Å². The van der Waals surface area contributed by atoms with E-state index in [1.54, 1.807) is 17.0 Å². The highest BCUT2D eigenvalue weighted by molar-refractivity contribution is 5.96. The smallest absolute Gasteiger partial charge is 0.349 e. The maximum absolute atomic E-state index is 12.7. The van der Waals surface area contributed by atoms with Crippen LogP contribution in [0.4, 0.5) is 0 Å². The van der Waals surface area contributed by atoms with Crippen molar-refractivity contribution in [3.63, 3.8) is 0 Å². The van der Waals surface area contributed by atoms with E-state index >= 15 is 0 Å². The zero-order valence-corrected chi connectivity index (χ0v) is 12.2. The van der Waals surface area contributed by atoms with Crippen molar-refractivity contribution in [1.82, 2.24) is 10.2 Å². The Morgan fingerprint density at radius 3 is 2.95 bits per heavy atom. The first-order valence-electron chi connectivity index (χ1n) is 7.75. The van der Waals surface area contributed by atoms with Gasteiger partial charge in [0.25, 0.3) is 5.91 Å². The Hall–Kier alpha value is -2.14. The van der Waals surface area contributed by atoms with Crippen LogP contribution in [0.1, 0.15) is 16.8 Å². The molecule has 4 rings (SSSR count). The van der Waals surface area contributed by atoms with Crippen molar-refractivity contribution in [3.05, 3.63) is 46.3 Å². The largest absolute Gasteiger partial charge is 0.422 e. The molecular formula is C17H18N2O3. The van der Waals surface area contributed by atoms with Crippen molar-refractivity contribution in [2.45, 2.75) is 6.42 Å². The van der Waals surface area contributed by atoms with E-state index in [1.165, 1.54) is 0 Å². The Bertz CT molecular complexity index is 783. The number of hydrogen-bond acceptors (Lipinski definition) is 4. The lowest BCUT2D eigenvalue weighted by Gasteiger charge is -2.34. The normalized spacial score (nSPS) is 24.5. The second-order valence-corrected chi connectivity index (χ2v) is 6.20. The molecule has 2 atom stereocenters. The molecule has 2 saturated heterocycles. The summed E-state index contributed by atoms with van der Waals surface area (Å²) in [5.74, 6) is 0.965. The predicted octanol–water partition coefficient (Wildman–Crippen LogP) is 1.47. The summed E-state index contributed by atoms with van der Waals surface area (Å²) < 4.78 is 5.28. The number of likely N-dealkylation sites (tertiary alicyclic amines) is 1. The van der Waals surface area contributed by atoms with Crippen molar-refractivity contribution in [1.29, 1.82) is 0 Å². The zero-order chi connectivity index (χ0) is 15.1. The fourth-order valence-electron chi connectivity index (χ4n) is 3.60. The molecule has 5 heteroatoms. The van der Waals surface area contributed by atoms with Crippen molar-refractivity contribution in [2.75, 3.05) is 26.2 Å². The number of piperidine rings is 1. The lowest BCUT2D eigenvalue weighted by molar-refractivity contribution is 0.0638. The van der Waals surface area contributed by atoms with Gasteiger partial charge in [-0.1, -0.05) is 18.2 Å². The number of hydrogen-bond donors (Lipinski definition) is 1. The number of rotatable bonds is 1. The van der Waals surface area contributed by atoms with Crippen molar-refractivity contribution in [3.8, 4) is 0 Å². The molecular weight excluding hydrogens is 280 g/mol. The summed E-state index contributed by atoms with van der Waals surface area (Å²) in [6, 6.07) is 8.92. The fraction of sp³-hybridized carbons (Fsp3) is 0.412. The molecule has 2 aliphatic heterocycles. The fourth-order valence-corrected chi connectivity index (χ4v) is 3.60. The van der Waals surface area contributed by atoms with E-state index in [4.69, 9.17) is 4.42 Å². The summed E-state index contributed by atoms with van der Waals surface area (Å²) in [6.07, 6.45) is 1.00. The molecule has 1 aromatic carbocycles. The monoisotopic (exact) mass is 298 g/mol.